The highest BCUT2D eigenvalue weighted by atomic mass is 32.1. The predicted octanol–water partition coefficient (Wildman–Crippen LogP) is 4.22. The van der Waals surface area contributed by atoms with E-state index in [4.69, 9.17) is 9.47 Å². The van der Waals surface area contributed by atoms with Crippen LogP contribution in [0.2, 0.25) is 0 Å². The summed E-state index contributed by atoms with van der Waals surface area (Å²) < 4.78 is 92.6. The lowest BCUT2D eigenvalue weighted by atomic mass is 10.1. The molecule has 1 aliphatic heterocycles. The number of carbonyl (C=O) groups excluding carboxylic acids is 2. The number of amides is 1. The average molecular weight is 439 g/mol. The molecular weight excluding hydrogens is 428 g/mol. The molecule has 5 nitrogen and oxygen atoms in total. The van der Waals surface area contributed by atoms with Crippen molar-refractivity contribution >= 4 is 28.2 Å². The van der Waals surface area contributed by atoms with Gasteiger partial charge in [0.25, 0.3) is 5.91 Å². The molecule has 0 N–H and O–H groups in total. The summed E-state index contributed by atoms with van der Waals surface area (Å²) in [6, 6.07) is 0. The van der Waals surface area contributed by atoms with Crippen molar-refractivity contribution < 1.29 is 45.5 Å². The lowest BCUT2D eigenvalue weighted by molar-refractivity contribution is 0.0522. The highest BCUT2D eigenvalue weighted by molar-refractivity contribution is 7.17. The lowest BCUT2D eigenvalue weighted by Crippen LogP contribution is -2.27. The zero-order valence-electron chi connectivity index (χ0n) is 14.6. The Morgan fingerprint density at radius 2 is 1.62 bits per heavy atom. The summed E-state index contributed by atoms with van der Waals surface area (Å²) in [6.07, 6.45) is 0.171. The maximum atomic E-state index is 14.9. The standard InChI is InChI=1S/C17H11F6NO4S/c1-2-28-17(26)8-6-3-4-27-5-7(6)29-16(8)24(23)15(25)9-10(18)12(20)14(22)13(21)11(9)19/h2-5H2,1H3. The topological polar surface area (TPSA) is 55.8 Å². The molecular formula is C17H11F6NO4S. The quantitative estimate of drug-likeness (QED) is 0.235. The highest BCUT2D eigenvalue weighted by Crippen LogP contribution is 2.40. The van der Waals surface area contributed by atoms with Gasteiger partial charge < -0.3 is 9.47 Å². The summed E-state index contributed by atoms with van der Waals surface area (Å²) in [5.74, 6) is -15.4. The van der Waals surface area contributed by atoms with Crippen molar-refractivity contribution in [3.8, 4) is 0 Å². The van der Waals surface area contributed by atoms with Crippen molar-refractivity contribution in [3.63, 3.8) is 0 Å². The van der Waals surface area contributed by atoms with Crippen LogP contribution in [0.5, 0.6) is 0 Å². The number of esters is 1. The fourth-order valence-electron chi connectivity index (χ4n) is 2.75. The average Bonchev–Trinajstić information content (AvgIpc) is 3.10. The first-order chi connectivity index (χ1) is 13.7. The molecule has 0 saturated carbocycles. The molecule has 1 aromatic heterocycles. The molecule has 0 fully saturated rings. The second kappa shape index (κ2) is 8.03. The Hall–Kier alpha value is -2.60. The molecule has 0 radical (unpaired) electrons. The van der Waals surface area contributed by atoms with Crippen LogP contribution in [0, 0.1) is 29.1 Å². The van der Waals surface area contributed by atoms with Crippen LogP contribution in [-0.4, -0.2) is 25.1 Å². The van der Waals surface area contributed by atoms with E-state index in [1.165, 1.54) is 6.92 Å². The van der Waals surface area contributed by atoms with Crippen molar-refractivity contribution in [2.75, 3.05) is 18.3 Å². The van der Waals surface area contributed by atoms with Gasteiger partial charge >= 0.3 is 5.97 Å². The van der Waals surface area contributed by atoms with E-state index in [9.17, 15) is 36.0 Å². The van der Waals surface area contributed by atoms with Crippen LogP contribution in [-0.2, 0) is 22.5 Å². The number of hydrogen-bond acceptors (Lipinski definition) is 5. The fourth-order valence-corrected chi connectivity index (χ4v) is 3.93. The Morgan fingerprint density at radius 3 is 2.21 bits per heavy atom. The van der Waals surface area contributed by atoms with Crippen LogP contribution < -0.4 is 5.12 Å². The van der Waals surface area contributed by atoms with Gasteiger partial charge in [-0.3, -0.25) is 4.79 Å². The Labute approximate surface area is 163 Å². The van der Waals surface area contributed by atoms with E-state index in [2.05, 4.69) is 0 Å². The van der Waals surface area contributed by atoms with Crippen LogP contribution in [0.1, 0.15) is 38.1 Å². The number of thiophene rings is 1. The molecule has 2 heterocycles. The van der Waals surface area contributed by atoms with Crippen LogP contribution in [0.15, 0.2) is 0 Å². The van der Waals surface area contributed by atoms with Crippen LogP contribution in [0.25, 0.3) is 0 Å². The predicted molar refractivity (Wildman–Crippen MR) is 87.8 cm³/mol. The van der Waals surface area contributed by atoms with Crippen molar-refractivity contribution in [1.82, 2.24) is 0 Å². The number of anilines is 1. The van der Waals surface area contributed by atoms with Crippen molar-refractivity contribution in [2.24, 2.45) is 0 Å². The van der Waals surface area contributed by atoms with Crippen molar-refractivity contribution in [3.05, 3.63) is 50.7 Å². The van der Waals surface area contributed by atoms with Gasteiger partial charge in [-0.1, -0.05) is 4.48 Å². The van der Waals surface area contributed by atoms with Gasteiger partial charge in [0.2, 0.25) is 5.82 Å². The summed E-state index contributed by atoms with van der Waals surface area (Å²) in [7, 11) is 0. The Balaban J connectivity index is 2.12. The zero-order valence-corrected chi connectivity index (χ0v) is 15.4. The van der Waals surface area contributed by atoms with Gasteiger partial charge in [0, 0.05) is 4.88 Å². The van der Waals surface area contributed by atoms with Gasteiger partial charge in [-0.15, -0.1) is 16.5 Å². The second-order valence-electron chi connectivity index (χ2n) is 5.74. The molecule has 0 bridgehead atoms. The van der Waals surface area contributed by atoms with E-state index in [0.717, 1.165) is 0 Å². The molecule has 2 aromatic rings. The van der Waals surface area contributed by atoms with E-state index in [0.29, 0.717) is 21.8 Å². The van der Waals surface area contributed by atoms with E-state index in [1.54, 1.807) is 0 Å². The molecule has 1 aromatic carbocycles. The molecule has 0 unspecified atom stereocenters. The van der Waals surface area contributed by atoms with E-state index in [1.807, 2.05) is 0 Å². The number of rotatable bonds is 4. The molecule has 0 saturated heterocycles. The maximum Gasteiger partial charge on any atom is 0.341 e. The first-order valence-electron chi connectivity index (χ1n) is 8.11. The molecule has 0 spiro atoms. The van der Waals surface area contributed by atoms with Crippen LogP contribution in [0.4, 0.5) is 31.4 Å². The number of benzene rings is 1. The summed E-state index contributed by atoms with van der Waals surface area (Å²) in [6.45, 7) is 1.56. The molecule has 12 heteroatoms. The minimum atomic E-state index is -2.49. The highest BCUT2D eigenvalue weighted by Gasteiger charge is 2.37. The number of hydrogen-bond donors (Lipinski definition) is 0. The smallest absolute Gasteiger partial charge is 0.341 e. The van der Waals surface area contributed by atoms with E-state index in [-0.39, 0.29) is 31.8 Å². The molecule has 156 valence electrons. The summed E-state index contributed by atoms with van der Waals surface area (Å²) >= 11 is 0.568. The van der Waals surface area contributed by atoms with Gasteiger partial charge in [0.1, 0.15) is 16.1 Å². The van der Waals surface area contributed by atoms with Crippen molar-refractivity contribution in [2.45, 2.75) is 20.0 Å². The lowest BCUT2D eigenvalue weighted by Gasteiger charge is -2.15. The number of ether oxygens (including phenoxy) is 2. The Bertz CT molecular complexity index is 980. The number of nitrogens with zero attached hydrogens (tertiary/aromatic N) is 1. The third-order valence-electron chi connectivity index (χ3n) is 4.06. The largest absolute Gasteiger partial charge is 0.462 e. The fraction of sp³-hybridized carbons (Fsp3) is 0.294. The van der Waals surface area contributed by atoms with Gasteiger partial charge in [0.15, 0.2) is 23.3 Å². The minimum absolute atomic E-state index is 0.0169. The van der Waals surface area contributed by atoms with Gasteiger partial charge in [-0.25, -0.2) is 26.7 Å². The first-order valence-corrected chi connectivity index (χ1v) is 8.93. The van der Waals surface area contributed by atoms with Crippen LogP contribution >= 0.6 is 11.3 Å². The van der Waals surface area contributed by atoms with E-state index >= 15 is 0 Å². The molecule has 1 aliphatic rings. The molecule has 1 amide bonds. The first kappa shape index (κ1) is 21.1. The molecule has 0 atom stereocenters. The number of fused-ring (bicyclic) bond motifs is 1. The minimum Gasteiger partial charge on any atom is -0.462 e. The third-order valence-corrected chi connectivity index (χ3v) is 5.23. The monoisotopic (exact) mass is 439 g/mol. The van der Waals surface area contributed by atoms with Crippen molar-refractivity contribution in [1.29, 1.82) is 0 Å². The molecule has 0 aliphatic carbocycles. The Morgan fingerprint density at radius 1 is 1.03 bits per heavy atom. The summed E-state index contributed by atoms with van der Waals surface area (Å²) in [5.41, 5.74) is -2.03. The van der Waals surface area contributed by atoms with Crippen LogP contribution in [0.3, 0.4) is 0 Å². The van der Waals surface area contributed by atoms with Gasteiger partial charge in [-0.05, 0) is 18.9 Å². The normalized spacial score (nSPS) is 13.2. The number of carbonyl (C=O) groups is 2. The van der Waals surface area contributed by atoms with E-state index < -0.39 is 56.6 Å². The van der Waals surface area contributed by atoms with Gasteiger partial charge in [0.05, 0.1) is 19.8 Å². The molecule has 29 heavy (non-hydrogen) atoms. The van der Waals surface area contributed by atoms with Gasteiger partial charge in [-0.2, -0.15) is 0 Å². The SMILES string of the molecule is CCOC(=O)c1c(N(F)C(=O)c2c(F)c(F)c(F)c(F)c2F)sc2c1CCOC2. The summed E-state index contributed by atoms with van der Waals surface area (Å²) in [5, 5.41) is -1.53. The number of halogens is 6. The summed E-state index contributed by atoms with van der Waals surface area (Å²) in [4.78, 5) is 24.9. The second-order valence-corrected chi connectivity index (χ2v) is 6.82. The zero-order chi connectivity index (χ0) is 21.5. The Kier molecular flexibility index (Phi) is 5.85. The third kappa shape index (κ3) is 3.46. The molecule has 3 rings (SSSR count). The maximum absolute atomic E-state index is 14.9.